The average molecular weight is 363 g/mol. The number of nitrogens with zero attached hydrogens (tertiary/aromatic N) is 1. The van der Waals surface area contributed by atoms with E-state index in [1.165, 1.54) is 16.9 Å². The molecule has 1 aromatic heterocycles. The number of hydrogen-bond acceptors (Lipinski definition) is 4. The Kier molecular flexibility index (Phi) is 6.58. The number of hydrogen-bond donors (Lipinski definition) is 1. The van der Waals surface area contributed by atoms with Crippen LogP contribution in [0, 0.1) is 0 Å². The predicted molar refractivity (Wildman–Crippen MR) is 101 cm³/mol. The van der Waals surface area contributed by atoms with Crippen molar-refractivity contribution in [3.8, 4) is 5.75 Å². The van der Waals surface area contributed by atoms with Gasteiger partial charge in [-0.3, -0.25) is 4.79 Å². The van der Waals surface area contributed by atoms with Crippen molar-refractivity contribution < 1.29 is 9.53 Å². The Morgan fingerprint density at radius 1 is 1.21 bits per heavy atom. The Bertz CT molecular complexity index is 805. The monoisotopic (exact) mass is 362 g/mol. The van der Waals surface area contributed by atoms with Gasteiger partial charge in [0.2, 0.25) is 5.91 Å². The molecule has 6 heteroatoms. The number of carbonyl (C=O) groups is 1. The van der Waals surface area contributed by atoms with E-state index in [0.29, 0.717) is 11.6 Å². The van der Waals surface area contributed by atoms with Crippen molar-refractivity contribution in [2.75, 3.05) is 12.4 Å². The molecule has 0 aliphatic rings. The SMILES string of the molecule is COc1ccc2nc(NC(=O)CCCc3ccccc3)sc2c1.Cl. The molecule has 0 bridgehead atoms. The molecule has 3 aromatic rings. The zero-order valence-electron chi connectivity index (χ0n) is 13.3. The van der Waals surface area contributed by atoms with Gasteiger partial charge in [0, 0.05) is 6.42 Å². The van der Waals surface area contributed by atoms with E-state index in [4.69, 9.17) is 4.74 Å². The predicted octanol–water partition coefficient (Wildman–Crippen LogP) is 4.69. The number of aromatic nitrogens is 1. The third-order valence-electron chi connectivity index (χ3n) is 3.55. The first kappa shape index (κ1) is 18.2. The lowest BCUT2D eigenvalue weighted by Crippen LogP contribution is -2.11. The van der Waals surface area contributed by atoms with Crippen molar-refractivity contribution in [3.63, 3.8) is 0 Å². The minimum atomic E-state index is 0. The van der Waals surface area contributed by atoms with Crippen LogP contribution in [0.15, 0.2) is 48.5 Å². The average Bonchev–Trinajstić information content (AvgIpc) is 2.96. The zero-order valence-corrected chi connectivity index (χ0v) is 15.0. The van der Waals surface area contributed by atoms with E-state index in [-0.39, 0.29) is 18.3 Å². The first-order valence-electron chi connectivity index (χ1n) is 7.53. The number of anilines is 1. The summed E-state index contributed by atoms with van der Waals surface area (Å²) in [5, 5.41) is 3.52. The number of benzene rings is 2. The van der Waals surface area contributed by atoms with Gasteiger partial charge in [-0.15, -0.1) is 12.4 Å². The quantitative estimate of drug-likeness (QED) is 0.692. The third kappa shape index (κ3) is 4.69. The second-order valence-corrected chi connectivity index (χ2v) is 6.27. The second kappa shape index (κ2) is 8.66. The number of thiazole rings is 1. The number of fused-ring (bicyclic) bond motifs is 1. The summed E-state index contributed by atoms with van der Waals surface area (Å²) in [6.07, 6.45) is 2.23. The number of ether oxygens (including phenoxy) is 1. The first-order chi connectivity index (χ1) is 11.2. The summed E-state index contributed by atoms with van der Waals surface area (Å²) in [5.74, 6) is 0.800. The van der Waals surface area contributed by atoms with Gasteiger partial charge in [-0.2, -0.15) is 0 Å². The third-order valence-corrected chi connectivity index (χ3v) is 4.49. The lowest BCUT2D eigenvalue weighted by Gasteiger charge is -2.02. The van der Waals surface area contributed by atoms with Crippen LogP contribution < -0.4 is 10.1 Å². The minimum absolute atomic E-state index is 0. The van der Waals surface area contributed by atoms with E-state index in [9.17, 15) is 4.79 Å². The molecular formula is C18H19ClN2O2S. The van der Waals surface area contributed by atoms with Crippen molar-refractivity contribution >= 4 is 45.0 Å². The van der Waals surface area contributed by atoms with Gasteiger partial charge in [-0.1, -0.05) is 41.7 Å². The van der Waals surface area contributed by atoms with Crippen LogP contribution in [0.5, 0.6) is 5.75 Å². The number of halogens is 1. The lowest BCUT2D eigenvalue weighted by molar-refractivity contribution is -0.116. The Labute approximate surface area is 151 Å². The van der Waals surface area contributed by atoms with Crippen LogP contribution in [-0.2, 0) is 11.2 Å². The van der Waals surface area contributed by atoms with Crippen molar-refractivity contribution in [2.45, 2.75) is 19.3 Å². The highest BCUT2D eigenvalue weighted by atomic mass is 35.5. The summed E-state index contributed by atoms with van der Waals surface area (Å²) in [5.41, 5.74) is 2.13. The van der Waals surface area contributed by atoms with Crippen molar-refractivity contribution in [1.29, 1.82) is 0 Å². The van der Waals surface area contributed by atoms with Crippen molar-refractivity contribution in [3.05, 3.63) is 54.1 Å². The van der Waals surface area contributed by atoms with Gasteiger partial charge >= 0.3 is 0 Å². The Hall–Kier alpha value is -2.11. The van der Waals surface area contributed by atoms with Gasteiger partial charge in [0.1, 0.15) is 5.75 Å². The fourth-order valence-electron chi connectivity index (χ4n) is 2.36. The Morgan fingerprint density at radius 3 is 2.75 bits per heavy atom. The van der Waals surface area contributed by atoms with Crippen molar-refractivity contribution in [1.82, 2.24) is 4.98 Å². The molecule has 0 fully saturated rings. The van der Waals surface area contributed by atoms with Gasteiger partial charge in [-0.05, 0) is 36.6 Å². The number of carbonyl (C=O) groups excluding carboxylic acids is 1. The number of nitrogens with one attached hydrogen (secondary N) is 1. The smallest absolute Gasteiger partial charge is 0.226 e. The zero-order chi connectivity index (χ0) is 16.1. The van der Waals surface area contributed by atoms with Gasteiger partial charge < -0.3 is 10.1 Å². The molecule has 0 radical (unpaired) electrons. The molecule has 2 aromatic carbocycles. The number of rotatable bonds is 6. The largest absolute Gasteiger partial charge is 0.497 e. The highest BCUT2D eigenvalue weighted by molar-refractivity contribution is 7.22. The minimum Gasteiger partial charge on any atom is -0.497 e. The second-order valence-electron chi connectivity index (χ2n) is 5.24. The summed E-state index contributed by atoms with van der Waals surface area (Å²) in [4.78, 5) is 16.5. The molecule has 0 spiro atoms. The van der Waals surface area contributed by atoms with Crippen molar-refractivity contribution in [2.24, 2.45) is 0 Å². The number of methoxy groups -OCH3 is 1. The van der Waals surface area contributed by atoms with Crippen LogP contribution in [0.1, 0.15) is 18.4 Å². The molecule has 0 saturated heterocycles. The van der Waals surface area contributed by atoms with E-state index in [1.54, 1.807) is 7.11 Å². The van der Waals surface area contributed by atoms with Crippen LogP contribution in [0.3, 0.4) is 0 Å². The van der Waals surface area contributed by atoms with E-state index in [0.717, 1.165) is 28.8 Å². The van der Waals surface area contributed by atoms with Gasteiger partial charge in [-0.25, -0.2) is 4.98 Å². The summed E-state index contributed by atoms with van der Waals surface area (Å²) < 4.78 is 6.20. The molecule has 0 unspecified atom stereocenters. The summed E-state index contributed by atoms with van der Waals surface area (Å²) >= 11 is 1.46. The maximum atomic E-state index is 12.0. The molecule has 1 amide bonds. The molecule has 4 nitrogen and oxygen atoms in total. The topological polar surface area (TPSA) is 51.2 Å². The van der Waals surface area contributed by atoms with Crippen LogP contribution >= 0.6 is 23.7 Å². The lowest BCUT2D eigenvalue weighted by atomic mass is 10.1. The fourth-order valence-corrected chi connectivity index (χ4v) is 3.28. The molecule has 0 aliphatic heterocycles. The Morgan fingerprint density at radius 2 is 2.00 bits per heavy atom. The highest BCUT2D eigenvalue weighted by Gasteiger charge is 2.08. The van der Waals surface area contributed by atoms with E-state index < -0.39 is 0 Å². The first-order valence-corrected chi connectivity index (χ1v) is 8.34. The van der Waals surface area contributed by atoms with Gasteiger partial charge in [0.05, 0.1) is 17.3 Å². The van der Waals surface area contributed by atoms with E-state index >= 15 is 0 Å². The maximum Gasteiger partial charge on any atom is 0.226 e. The molecule has 0 atom stereocenters. The van der Waals surface area contributed by atoms with Crippen LogP contribution in [0.2, 0.25) is 0 Å². The van der Waals surface area contributed by atoms with Crippen LogP contribution in [-0.4, -0.2) is 18.0 Å². The molecule has 1 N–H and O–H groups in total. The molecule has 3 rings (SSSR count). The van der Waals surface area contributed by atoms with Gasteiger partial charge in [0.25, 0.3) is 0 Å². The molecular weight excluding hydrogens is 344 g/mol. The summed E-state index contributed by atoms with van der Waals surface area (Å²) in [6, 6.07) is 15.9. The molecule has 0 saturated carbocycles. The highest BCUT2D eigenvalue weighted by Crippen LogP contribution is 2.29. The van der Waals surface area contributed by atoms with Gasteiger partial charge in [0.15, 0.2) is 5.13 Å². The Balaban J connectivity index is 0.00000208. The molecule has 24 heavy (non-hydrogen) atoms. The normalized spacial score (nSPS) is 10.2. The molecule has 126 valence electrons. The number of amides is 1. The standard InChI is InChI=1S/C18H18N2O2S.ClH/c1-22-14-10-11-15-16(12-14)23-18(19-15)20-17(21)9-5-8-13-6-3-2-4-7-13;/h2-4,6-7,10-12H,5,8-9H2,1H3,(H,19,20,21);1H. The summed E-state index contributed by atoms with van der Waals surface area (Å²) in [7, 11) is 1.64. The summed E-state index contributed by atoms with van der Waals surface area (Å²) in [6.45, 7) is 0. The van der Waals surface area contributed by atoms with E-state index in [2.05, 4.69) is 22.4 Å². The fraction of sp³-hybridized carbons (Fsp3) is 0.222. The number of aryl methyl sites for hydroxylation is 1. The van der Waals surface area contributed by atoms with Crippen LogP contribution in [0.4, 0.5) is 5.13 Å². The van der Waals surface area contributed by atoms with Crippen LogP contribution in [0.25, 0.3) is 10.2 Å². The van der Waals surface area contributed by atoms with E-state index in [1.807, 2.05) is 36.4 Å². The maximum absolute atomic E-state index is 12.0. The molecule has 0 aliphatic carbocycles. The molecule has 1 heterocycles.